The molecule has 1 rings (SSSR count). The molecule has 0 fully saturated rings. The lowest BCUT2D eigenvalue weighted by molar-refractivity contribution is 0.0989. The van der Waals surface area contributed by atoms with Crippen LogP contribution in [0.4, 0.5) is 13.2 Å². The number of rotatable bonds is 2. The molecule has 0 radical (unpaired) electrons. The highest BCUT2D eigenvalue weighted by Gasteiger charge is 2.20. The molecule has 0 spiro atoms. The molecule has 3 N–H and O–H groups in total. The Labute approximate surface area is 76.2 Å². The van der Waals surface area contributed by atoms with Crippen molar-refractivity contribution < 1.29 is 23.1 Å². The van der Waals surface area contributed by atoms with Crippen molar-refractivity contribution in [2.75, 3.05) is 0 Å². The van der Waals surface area contributed by atoms with Crippen LogP contribution in [0.25, 0.3) is 0 Å². The lowest BCUT2D eigenvalue weighted by Gasteiger charge is -2.04. The van der Waals surface area contributed by atoms with E-state index in [1.807, 2.05) is 0 Å². The van der Waals surface area contributed by atoms with Crippen molar-refractivity contribution in [2.45, 2.75) is 6.43 Å². The smallest absolute Gasteiger partial charge is 0.283 e. The number of aromatic nitrogens is 1. The predicted molar refractivity (Wildman–Crippen MR) is 39.3 cm³/mol. The van der Waals surface area contributed by atoms with Crippen molar-refractivity contribution in [3.05, 3.63) is 23.3 Å². The van der Waals surface area contributed by atoms with Gasteiger partial charge in [-0.15, -0.1) is 0 Å². The van der Waals surface area contributed by atoms with E-state index in [4.69, 9.17) is 10.8 Å². The fourth-order valence-corrected chi connectivity index (χ4v) is 0.828. The molecule has 14 heavy (non-hydrogen) atoms. The Morgan fingerprint density at radius 1 is 1.57 bits per heavy atom. The molecule has 0 aliphatic heterocycles. The third kappa shape index (κ3) is 1.76. The number of primary amides is 1. The molecule has 1 aromatic rings. The van der Waals surface area contributed by atoms with Crippen LogP contribution in [0.2, 0.25) is 0 Å². The van der Waals surface area contributed by atoms with E-state index >= 15 is 0 Å². The lowest BCUT2D eigenvalue weighted by Crippen LogP contribution is -2.15. The van der Waals surface area contributed by atoms with Crippen LogP contribution in [0.15, 0.2) is 6.07 Å². The van der Waals surface area contributed by atoms with Gasteiger partial charge in [0.1, 0.15) is 11.4 Å². The van der Waals surface area contributed by atoms with Crippen molar-refractivity contribution in [1.29, 1.82) is 0 Å². The Bertz CT molecular complexity index is 381. The minimum atomic E-state index is -3.17. The normalized spacial score (nSPS) is 10.6. The largest absolute Gasteiger partial charge is 0.505 e. The van der Waals surface area contributed by atoms with Crippen LogP contribution in [0.3, 0.4) is 0 Å². The first-order valence-electron chi connectivity index (χ1n) is 3.41. The van der Waals surface area contributed by atoms with Crippen molar-refractivity contribution in [3.63, 3.8) is 0 Å². The minimum Gasteiger partial charge on any atom is -0.505 e. The molecule has 76 valence electrons. The number of pyridine rings is 1. The van der Waals surface area contributed by atoms with Crippen molar-refractivity contribution in [1.82, 2.24) is 4.98 Å². The molecule has 0 aliphatic rings. The molecule has 0 bridgehead atoms. The van der Waals surface area contributed by atoms with Crippen LogP contribution in [0.1, 0.15) is 22.6 Å². The van der Waals surface area contributed by atoms with Crippen LogP contribution < -0.4 is 5.73 Å². The standard InChI is InChI=1S/C7H5F3N2O2/c8-2-1-3(13)5(7(11)14)12-4(2)6(9)10/h1,6,13H,(H2,11,14). The first-order chi connectivity index (χ1) is 6.43. The zero-order valence-corrected chi connectivity index (χ0v) is 6.67. The molecule has 0 aromatic carbocycles. The minimum absolute atomic E-state index is 0.370. The monoisotopic (exact) mass is 206 g/mol. The number of nitrogens with two attached hydrogens (primary N) is 1. The summed E-state index contributed by atoms with van der Waals surface area (Å²) in [6.45, 7) is 0. The third-order valence-corrected chi connectivity index (χ3v) is 1.42. The SMILES string of the molecule is NC(=O)c1nc(C(F)F)c(F)cc1O. The van der Waals surface area contributed by atoms with Crippen molar-refractivity contribution >= 4 is 5.91 Å². The number of hydrogen-bond acceptors (Lipinski definition) is 3. The number of nitrogens with zero attached hydrogens (tertiary/aromatic N) is 1. The molecule has 4 nitrogen and oxygen atoms in total. The van der Waals surface area contributed by atoms with Crippen LogP contribution >= 0.6 is 0 Å². The zero-order chi connectivity index (χ0) is 10.9. The summed E-state index contributed by atoms with van der Waals surface area (Å²) in [5.74, 6) is -3.45. The van der Waals surface area contributed by atoms with Crippen molar-refractivity contribution in [3.8, 4) is 5.75 Å². The van der Waals surface area contributed by atoms with Gasteiger partial charge in [0, 0.05) is 6.07 Å². The third-order valence-electron chi connectivity index (χ3n) is 1.42. The van der Waals surface area contributed by atoms with Gasteiger partial charge in [0.05, 0.1) is 0 Å². The van der Waals surface area contributed by atoms with E-state index in [2.05, 4.69) is 4.98 Å². The Balaban J connectivity index is 3.34. The number of alkyl halides is 2. The van der Waals surface area contributed by atoms with Crippen LogP contribution in [0, 0.1) is 5.82 Å². The average Bonchev–Trinajstić information content (AvgIpc) is 2.02. The molecule has 0 saturated heterocycles. The summed E-state index contributed by atoms with van der Waals surface area (Å²) in [6, 6.07) is 0.370. The van der Waals surface area contributed by atoms with E-state index in [0.29, 0.717) is 6.07 Å². The maximum Gasteiger partial charge on any atom is 0.283 e. The predicted octanol–water partition coefficient (Wildman–Crippen LogP) is 0.963. The molecular formula is C7H5F3N2O2. The van der Waals surface area contributed by atoms with E-state index in [1.165, 1.54) is 0 Å². The first kappa shape index (κ1) is 10.3. The Morgan fingerprint density at radius 2 is 2.14 bits per heavy atom. The van der Waals surface area contributed by atoms with Gasteiger partial charge in [0.25, 0.3) is 12.3 Å². The van der Waals surface area contributed by atoms with Gasteiger partial charge in [-0.1, -0.05) is 0 Å². The fourth-order valence-electron chi connectivity index (χ4n) is 0.828. The van der Waals surface area contributed by atoms with Gasteiger partial charge in [-0.05, 0) is 0 Å². The Morgan fingerprint density at radius 3 is 2.57 bits per heavy atom. The highest BCUT2D eigenvalue weighted by Crippen LogP contribution is 2.24. The summed E-state index contributed by atoms with van der Waals surface area (Å²) >= 11 is 0. The average molecular weight is 206 g/mol. The number of aromatic hydroxyl groups is 1. The number of carbonyl (C=O) groups is 1. The molecule has 7 heteroatoms. The molecule has 0 aliphatic carbocycles. The van der Waals surface area contributed by atoms with E-state index in [1.54, 1.807) is 0 Å². The molecule has 1 amide bonds. The number of amides is 1. The molecule has 1 aromatic heterocycles. The van der Waals surface area contributed by atoms with Gasteiger partial charge in [0.15, 0.2) is 11.5 Å². The van der Waals surface area contributed by atoms with Crippen LogP contribution in [-0.4, -0.2) is 16.0 Å². The molecule has 0 atom stereocenters. The van der Waals surface area contributed by atoms with Gasteiger partial charge in [-0.2, -0.15) is 0 Å². The molecule has 0 unspecified atom stereocenters. The zero-order valence-electron chi connectivity index (χ0n) is 6.67. The highest BCUT2D eigenvalue weighted by atomic mass is 19.3. The number of halogens is 3. The van der Waals surface area contributed by atoms with Crippen LogP contribution in [0.5, 0.6) is 5.75 Å². The van der Waals surface area contributed by atoms with E-state index in [9.17, 15) is 18.0 Å². The Hall–Kier alpha value is -1.79. The first-order valence-corrected chi connectivity index (χ1v) is 3.41. The van der Waals surface area contributed by atoms with E-state index < -0.39 is 35.3 Å². The lowest BCUT2D eigenvalue weighted by atomic mass is 10.2. The maximum absolute atomic E-state index is 12.7. The summed E-state index contributed by atoms with van der Waals surface area (Å²) in [6.07, 6.45) is -3.17. The number of carbonyl (C=O) groups excluding carboxylic acids is 1. The second kappa shape index (κ2) is 3.52. The quantitative estimate of drug-likeness (QED) is 0.756. The van der Waals surface area contributed by atoms with Crippen LogP contribution in [-0.2, 0) is 0 Å². The summed E-state index contributed by atoms with van der Waals surface area (Å²) in [7, 11) is 0. The van der Waals surface area contributed by atoms with E-state index in [-0.39, 0.29) is 0 Å². The maximum atomic E-state index is 12.7. The summed E-state index contributed by atoms with van der Waals surface area (Å²) in [5.41, 5.74) is 2.72. The van der Waals surface area contributed by atoms with Gasteiger partial charge in [-0.25, -0.2) is 18.2 Å². The second-order valence-electron chi connectivity index (χ2n) is 2.39. The number of hydrogen-bond donors (Lipinski definition) is 2. The Kier molecular flexibility index (Phi) is 2.59. The molecular weight excluding hydrogens is 201 g/mol. The van der Waals surface area contributed by atoms with Gasteiger partial charge >= 0.3 is 0 Å². The van der Waals surface area contributed by atoms with Gasteiger partial charge in [-0.3, -0.25) is 4.79 Å². The summed E-state index contributed by atoms with van der Waals surface area (Å²) < 4.78 is 36.8. The molecule has 1 heterocycles. The summed E-state index contributed by atoms with van der Waals surface area (Å²) in [5, 5.41) is 8.92. The second-order valence-corrected chi connectivity index (χ2v) is 2.39. The topological polar surface area (TPSA) is 76.2 Å². The summed E-state index contributed by atoms with van der Waals surface area (Å²) in [4.78, 5) is 13.5. The van der Waals surface area contributed by atoms with Gasteiger partial charge in [0.2, 0.25) is 0 Å². The van der Waals surface area contributed by atoms with E-state index in [0.717, 1.165) is 0 Å². The van der Waals surface area contributed by atoms with Gasteiger partial charge < -0.3 is 10.8 Å². The molecule has 0 saturated carbocycles. The highest BCUT2D eigenvalue weighted by molar-refractivity contribution is 5.93. The fraction of sp³-hybridized carbons (Fsp3) is 0.143. The van der Waals surface area contributed by atoms with Crippen molar-refractivity contribution in [2.24, 2.45) is 5.73 Å².